The normalized spacial score (nSPS) is 10.6. The Labute approximate surface area is 75.4 Å². The maximum Gasteiger partial charge on any atom is 0.0918 e. The second-order valence-electron chi connectivity index (χ2n) is 3.29. The molecule has 0 bridgehead atoms. The van der Waals surface area contributed by atoms with Crippen molar-refractivity contribution < 1.29 is 0 Å². The molecule has 0 unspecified atom stereocenters. The van der Waals surface area contributed by atoms with Crippen molar-refractivity contribution in [3.05, 3.63) is 0 Å². The minimum absolute atomic E-state index is 0.289. The Morgan fingerprint density at radius 2 is 2.00 bits per heavy atom. The van der Waals surface area contributed by atoms with E-state index in [1.807, 2.05) is 0 Å². The third-order valence-corrected chi connectivity index (χ3v) is 1.91. The van der Waals surface area contributed by atoms with Crippen molar-refractivity contribution >= 4 is 5.84 Å². The van der Waals surface area contributed by atoms with Crippen LogP contribution in [0.15, 0.2) is 0 Å². The first-order valence-electron chi connectivity index (χ1n) is 4.68. The Bertz CT molecular complexity index is 123. The van der Waals surface area contributed by atoms with E-state index in [2.05, 4.69) is 18.9 Å². The molecule has 3 nitrogen and oxygen atoms in total. The van der Waals surface area contributed by atoms with Gasteiger partial charge in [0.05, 0.1) is 5.84 Å². The van der Waals surface area contributed by atoms with Crippen LogP contribution in [-0.4, -0.2) is 30.9 Å². The predicted octanol–water partition coefficient (Wildman–Crippen LogP) is 1.43. The largest absolute Gasteiger partial charge is 0.388 e. The summed E-state index contributed by atoms with van der Waals surface area (Å²) in [7, 11) is 2.08. The van der Waals surface area contributed by atoms with Crippen LogP contribution in [0.1, 0.15) is 32.6 Å². The van der Waals surface area contributed by atoms with E-state index in [0.717, 1.165) is 13.1 Å². The lowest BCUT2D eigenvalue weighted by Crippen LogP contribution is -2.25. The standard InChI is InChI=1S/C9H21N3/c1-3-4-5-7-12(2)8-6-9(10)11/h3-8H2,1-2H3,(H3,10,11). The lowest BCUT2D eigenvalue weighted by Gasteiger charge is -2.15. The number of nitrogens with two attached hydrogens (primary N) is 1. The van der Waals surface area contributed by atoms with Crippen LogP contribution in [0, 0.1) is 5.41 Å². The summed E-state index contributed by atoms with van der Waals surface area (Å²) in [6.45, 7) is 4.25. The molecule has 0 amide bonds. The number of nitrogens with zero attached hydrogens (tertiary/aromatic N) is 1. The third kappa shape index (κ3) is 7.54. The summed E-state index contributed by atoms with van der Waals surface area (Å²) in [5.41, 5.74) is 5.25. The molecule has 3 N–H and O–H groups in total. The zero-order valence-electron chi connectivity index (χ0n) is 8.27. The van der Waals surface area contributed by atoms with E-state index in [1.54, 1.807) is 0 Å². The molecule has 0 aliphatic heterocycles. The van der Waals surface area contributed by atoms with Crippen LogP contribution in [0.2, 0.25) is 0 Å². The van der Waals surface area contributed by atoms with E-state index >= 15 is 0 Å². The first kappa shape index (κ1) is 11.4. The molecule has 0 aromatic heterocycles. The lowest BCUT2D eigenvalue weighted by atomic mass is 10.2. The van der Waals surface area contributed by atoms with Gasteiger partial charge in [0.2, 0.25) is 0 Å². The summed E-state index contributed by atoms with van der Waals surface area (Å²) in [6.07, 6.45) is 4.51. The zero-order chi connectivity index (χ0) is 9.40. The Hall–Kier alpha value is -0.570. The van der Waals surface area contributed by atoms with Gasteiger partial charge in [0.15, 0.2) is 0 Å². The van der Waals surface area contributed by atoms with Gasteiger partial charge in [-0.05, 0) is 20.0 Å². The number of rotatable bonds is 7. The van der Waals surface area contributed by atoms with Gasteiger partial charge < -0.3 is 10.6 Å². The highest BCUT2D eigenvalue weighted by Crippen LogP contribution is 1.96. The number of hydrogen-bond donors (Lipinski definition) is 2. The Balaban J connectivity index is 3.21. The van der Waals surface area contributed by atoms with E-state index in [4.69, 9.17) is 11.1 Å². The summed E-state index contributed by atoms with van der Waals surface area (Å²) < 4.78 is 0. The van der Waals surface area contributed by atoms with Crippen LogP contribution < -0.4 is 5.73 Å². The highest BCUT2D eigenvalue weighted by atomic mass is 15.1. The summed E-state index contributed by atoms with van der Waals surface area (Å²) >= 11 is 0. The molecule has 0 aliphatic carbocycles. The van der Waals surface area contributed by atoms with Crippen LogP contribution in [0.25, 0.3) is 0 Å². The molecule has 3 heteroatoms. The molecule has 72 valence electrons. The molecule has 0 rings (SSSR count). The fraction of sp³-hybridized carbons (Fsp3) is 0.889. The van der Waals surface area contributed by atoms with Crippen molar-refractivity contribution in [2.45, 2.75) is 32.6 Å². The molecule has 0 spiro atoms. The van der Waals surface area contributed by atoms with Gasteiger partial charge in [-0.2, -0.15) is 0 Å². The molecular formula is C9H21N3. The molecule has 0 atom stereocenters. The van der Waals surface area contributed by atoms with Gasteiger partial charge in [-0.25, -0.2) is 0 Å². The molecule has 0 fully saturated rings. The molecule has 0 radical (unpaired) electrons. The topological polar surface area (TPSA) is 53.1 Å². The second kappa shape index (κ2) is 7.10. The molecule has 0 saturated heterocycles. The summed E-state index contributed by atoms with van der Waals surface area (Å²) in [4.78, 5) is 2.23. The SMILES string of the molecule is CCCCCN(C)CCC(=N)N. The summed E-state index contributed by atoms with van der Waals surface area (Å²) in [5, 5.41) is 7.05. The van der Waals surface area contributed by atoms with E-state index in [1.165, 1.54) is 19.3 Å². The molecule has 12 heavy (non-hydrogen) atoms. The smallest absolute Gasteiger partial charge is 0.0918 e. The van der Waals surface area contributed by atoms with Gasteiger partial charge in [-0.15, -0.1) is 0 Å². The number of unbranched alkanes of at least 4 members (excludes halogenated alkanes) is 2. The second-order valence-corrected chi connectivity index (χ2v) is 3.29. The van der Waals surface area contributed by atoms with Gasteiger partial charge in [0.25, 0.3) is 0 Å². The maximum atomic E-state index is 7.05. The Morgan fingerprint density at radius 1 is 1.33 bits per heavy atom. The monoisotopic (exact) mass is 171 g/mol. The highest BCUT2D eigenvalue weighted by molar-refractivity contribution is 5.76. The third-order valence-electron chi connectivity index (χ3n) is 1.91. The van der Waals surface area contributed by atoms with Crippen molar-refractivity contribution in [3.63, 3.8) is 0 Å². The van der Waals surface area contributed by atoms with Crippen molar-refractivity contribution in [1.82, 2.24) is 4.90 Å². The Kier molecular flexibility index (Phi) is 6.76. The van der Waals surface area contributed by atoms with E-state index < -0.39 is 0 Å². The molecular weight excluding hydrogens is 150 g/mol. The van der Waals surface area contributed by atoms with E-state index in [9.17, 15) is 0 Å². The fourth-order valence-corrected chi connectivity index (χ4v) is 1.05. The van der Waals surface area contributed by atoms with Crippen molar-refractivity contribution in [2.24, 2.45) is 5.73 Å². The molecule has 0 aliphatic rings. The summed E-state index contributed by atoms with van der Waals surface area (Å²) in [6, 6.07) is 0. The van der Waals surface area contributed by atoms with Crippen molar-refractivity contribution in [3.8, 4) is 0 Å². The van der Waals surface area contributed by atoms with Crippen molar-refractivity contribution in [2.75, 3.05) is 20.1 Å². The quantitative estimate of drug-likeness (QED) is 0.346. The zero-order valence-corrected chi connectivity index (χ0v) is 8.27. The lowest BCUT2D eigenvalue weighted by molar-refractivity contribution is 0.334. The van der Waals surface area contributed by atoms with Gasteiger partial charge >= 0.3 is 0 Å². The first-order valence-corrected chi connectivity index (χ1v) is 4.68. The van der Waals surface area contributed by atoms with E-state index in [0.29, 0.717) is 6.42 Å². The van der Waals surface area contributed by atoms with E-state index in [-0.39, 0.29) is 5.84 Å². The minimum atomic E-state index is 0.289. The fourth-order valence-electron chi connectivity index (χ4n) is 1.05. The van der Waals surface area contributed by atoms with Crippen LogP contribution in [0.3, 0.4) is 0 Å². The average Bonchev–Trinajstić information content (AvgIpc) is 2.01. The minimum Gasteiger partial charge on any atom is -0.388 e. The molecule has 0 aromatic rings. The molecule has 0 saturated carbocycles. The Morgan fingerprint density at radius 3 is 2.50 bits per heavy atom. The van der Waals surface area contributed by atoms with Crippen molar-refractivity contribution in [1.29, 1.82) is 5.41 Å². The average molecular weight is 171 g/mol. The van der Waals surface area contributed by atoms with Crippen LogP contribution in [0.4, 0.5) is 0 Å². The van der Waals surface area contributed by atoms with Gasteiger partial charge in [-0.1, -0.05) is 19.8 Å². The summed E-state index contributed by atoms with van der Waals surface area (Å²) in [5.74, 6) is 0.289. The van der Waals surface area contributed by atoms with Gasteiger partial charge in [0.1, 0.15) is 0 Å². The van der Waals surface area contributed by atoms with Crippen LogP contribution in [-0.2, 0) is 0 Å². The van der Waals surface area contributed by atoms with Crippen LogP contribution >= 0.6 is 0 Å². The molecule has 0 heterocycles. The first-order chi connectivity index (χ1) is 5.66. The van der Waals surface area contributed by atoms with Gasteiger partial charge in [0, 0.05) is 13.0 Å². The number of nitrogens with one attached hydrogen (secondary N) is 1. The number of amidine groups is 1. The molecule has 0 aromatic carbocycles. The van der Waals surface area contributed by atoms with Gasteiger partial charge in [-0.3, -0.25) is 5.41 Å². The van der Waals surface area contributed by atoms with Crippen LogP contribution in [0.5, 0.6) is 0 Å². The highest BCUT2D eigenvalue weighted by Gasteiger charge is 1.97. The number of hydrogen-bond acceptors (Lipinski definition) is 2. The predicted molar refractivity (Wildman–Crippen MR) is 53.6 cm³/mol. The maximum absolute atomic E-state index is 7.05.